The maximum absolute atomic E-state index is 4.91. The van der Waals surface area contributed by atoms with Crippen LogP contribution in [-0.2, 0) is 9.47 Å². The second-order valence-electron chi connectivity index (χ2n) is 1.19. The van der Waals surface area contributed by atoms with Crippen molar-refractivity contribution in [3.63, 3.8) is 0 Å². The van der Waals surface area contributed by atoms with Gasteiger partial charge in [0, 0.05) is 6.61 Å². The molecule has 0 aromatic rings. The standard InChI is InChI=1S/C5H11O2/c1-4-7-5(2)6-3/h5H,3-4H2,1-2H3. The smallest absolute Gasteiger partial charge is 0.154 e. The van der Waals surface area contributed by atoms with E-state index in [0.29, 0.717) is 6.61 Å². The maximum Gasteiger partial charge on any atom is 0.154 e. The summed E-state index contributed by atoms with van der Waals surface area (Å²) in [5.74, 6) is 0. The lowest BCUT2D eigenvalue weighted by Crippen LogP contribution is -2.07. The fourth-order valence-corrected chi connectivity index (χ4v) is 0.283. The zero-order chi connectivity index (χ0) is 5.70. The molecule has 2 heteroatoms. The summed E-state index contributed by atoms with van der Waals surface area (Å²) in [6, 6.07) is 0. The van der Waals surface area contributed by atoms with Crippen LogP contribution in [0.3, 0.4) is 0 Å². The minimum Gasteiger partial charge on any atom is -0.353 e. The summed E-state index contributed by atoms with van der Waals surface area (Å²) < 4.78 is 9.42. The topological polar surface area (TPSA) is 18.5 Å². The molecule has 0 bridgehead atoms. The molecule has 7 heavy (non-hydrogen) atoms. The van der Waals surface area contributed by atoms with Crippen LogP contribution in [-0.4, -0.2) is 12.9 Å². The van der Waals surface area contributed by atoms with Crippen molar-refractivity contribution in [2.45, 2.75) is 20.1 Å². The molecule has 0 aromatic carbocycles. The average molecular weight is 103 g/mol. The second-order valence-corrected chi connectivity index (χ2v) is 1.19. The van der Waals surface area contributed by atoms with Gasteiger partial charge in [-0.2, -0.15) is 0 Å². The molecule has 0 spiro atoms. The number of ether oxygens (including phenoxy) is 2. The first-order chi connectivity index (χ1) is 3.31. The third-order valence-electron chi connectivity index (χ3n) is 0.636. The van der Waals surface area contributed by atoms with Crippen LogP contribution in [0, 0.1) is 7.11 Å². The lowest BCUT2D eigenvalue weighted by atomic mass is 10.7. The van der Waals surface area contributed by atoms with Gasteiger partial charge in [-0.25, -0.2) is 0 Å². The van der Waals surface area contributed by atoms with Crippen LogP contribution < -0.4 is 0 Å². The SMILES string of the molecule is [CH2]OC(C)OCC. The summed E-state index contributed by atoms with van der Waals surface area (Å²) in [5.41, 5.74) is 0. The molecule has 43 valence electrons. The third kappa shape index (κ3) is 3.76. The fraction of sp³-hybridized carbons (Fsp3) is 0.800. The van der Waals surface area contributed by atoms with E-state index >= 15 is 0 Å². The highest BCUT2D eigenvalue weighted by atomic mass is 16.7. The molecule has 0 rings (SSSR count). The molecule has 0 fully saturated rings. The normalized spacial score (nSPS) is 14.1. The number of rotatable bonds is 3. The fourth-order valence-electron chi connectivity index (χ4n) is 0.283. The molecule has 2 nitrogen and oxygen atoms in total. The Hall–Kier alpha value is -0.0800. The van der Waals surface area contributed by atoms with Crippen molar-refractivity contribution >= 4 is 0 Å². The Morgan fingerprint density at radius 2 is 2.29 bits per heavy atom. The molecule has 0 heterocycles. The molecule has 0 amide bonds. The molecule has 0 aromatic heterocycles. The number of hydrogen-bond acceptors (Lipinski definition) is 2. The summed E-state index contributed by atoms with van der Waals surface area (Å²) in [4.78, 5) is 0. The first-order valence-corrected chi connectivity index (χ1v) is 2.33. The van der Waals surface area contributed by atoms with E-state index in [1.807, 2.05) is 6.92 Å². The first-order valence-electron chi connectivity index (χ1n) is 2.33. The molecular formula is C5H11O2. The molecular weight excluding hydrogens is 92.1 g/mol. The van der Waals surface area contributed by atoms with E-state index in [4.69, 9.17) is 4.74 Å². The van der Waals surface area contributed by atoms with E-state index < -0.39 is 0 Å². The lowest BCUT2D eigenvalue weighted by Gasteiger charge is -2.06. The Morgan fingerprint density at radius 1 is 1.71 bits per heavy atom. The van der Waals surface area contributed by atoms with Crippen LogP contribution in [0.15, 0.2) is 0 Å². The molecule has 0 aliphatic heterocycles. The highest BCUT2D eigenvalue weighted by molar-refractivity contribution is 4.25. The Morgan fingerprint density at radius 3 is 2.43 bits per heavy atom. The number of hydrogen-bond donors (Lipinski definition) is 0. The van der Waals surface area contributed by atoms with Gasteiger partial charge in [-0.1, -0.05) is 0 Å². The van der Waals surface area contributed by atoms with Gasteiger partial charge in [0.15, 0.2) is 6.29 Å². The average Bonchev–Trinajstić information content (AvgIpc) is 1.68. The van der Waals surface area contributed by atoms with Crippen molar-refractivity contribution in [3.8, 4) is 0 Å². The van der Waals surface area contributed by atoms with E-state index in [0.717, 1.165) is 0 Å². The summed E-state index contributed by atoms with van der Waals surface area (Å²) in [5, 5.41) is 0. The monoisotopic (exact) mass is 103 g/mol. The van der Waals surface area contributed by atoms with Crippen molar-refractivity contribution in [3.05, 3.63) is 7.11 Å². The van der Waals surface area contributed by atoms with Gasteiger partial charge in [0.05, 0.1) is 7.11 Å². The Balaban J connectivity index is 2.83. The largest absolute Gasteiger partial charge is 0.353 e. The molecule has 0 saturated heterocycles. The molecule has 0 aliphatic carbocycles. The van der Waals surface area contributed by atoms with Crippen molar-refractivity contribution in [2.75, 3.05) is 6.61 Å². The zero-order valence-corrected chi connectivity index (χ0v) is 4.81. The van der Waals surface area contributed by atoms with Crippen LogP contribution in [0.2, 0.25) is 0 Å². The Labute approximate surface area is 44.4 Å². The van der Waals surface area contributed by atoms with Crippen molar-refractivity contribution in [1.29, 1.82) is 0 Å². The highest BCUT2D eigenvalue weighted by Gasteiger charge is 1.91. The molecule has 0 saturated carbocycles. The van der Waals surface area contributed by atoms with Crippen LogP contribution >= 0.6 is 0 Å². The van der Waals surface area contributed by atoms with Gasteiger partial charge < -0.3 is 9.47 Å². The third-order valence-corrected chi connectivity index (χ3v) is 0.636. The molecule has 1 unspecified atom stereocenters. The minimum absolute atomic E-state index is 0.162. The van der Waals surface area contributed by atoms with Gasteiger partial charge in [-0.15, -0.1) is 0 Å². The summed E-state index contributed by atoms with van der Waals surface area (Å²) >= 11 is 0. The van der Waals surface area contributed by atoms with E-state index in [2.05, 4.69) is 11.8 Å². The Kier molecular flexibility index (Phi) is 4.04. The quantitative estimate of drug-likeness (QED) is 0.499. The highest BCUT2D eigenvalue weighted by Crippen LogP contribution is 1.88. The van der Waals surface area contributed by atoms with Gasteiger partial charge in [-0.05, 0) is 13.8 Å². The maximum atomic E-state index is 4.91. The van der Waals surface area contributed by atoms with E-state index in [1.165, 1.54) is 0 Å². The predicted octanol–water partition coefficient (Wildman–Crippen LogP) is 1.18. The minimum atomic E-state index is -0.162. The summed E-state index contributed by atoms with van der Waals surface area (Å²) in [6.07, 6.45) is -0.162. The summed E-state index contributed by atoms with van der Waals surface area (Å²) in [7, 11) is 3.18. The van der Waals surface area contributed by atoms with Crippen LogP contribution in [0.4, 0.5) is 0 Å². The van der Waals surface area contributed by atoms with E-state index in [1.54, 1.807) is 6.92 Å². The summed E-state index contributed by atoms with van der Waals surface area (Å²) in [6.45, 7) is 4.39. The molecule has 0 aliphatic rings. The molecule has 1 radical (unpaired) electrons. The molecule has 0 N–H and O–H groups in total. The Bertz CT molecular complexity index is 37.1. The van der Waals surface area contributed by atoms with Crippen molar-refractivity contribution in [2.24, 2.45) is 0 Å². The van der Waals surface area contributed by atoms with Gasteiger partial charge in [0.1, 0.15) is 0 Å². The van der Waals surface area contributed by atoms with Gasteiger partial charge in [-0.3, -0.25) is 0 Å². The van der Waals surface area contributed by atoms with Gasteiger partial charge >= 0.3 is 0 Å². The second kappa shape index (κ2) is 4.09. The predicted molar refractivity (Wildman–Crippen MR) is 27.5 cm³/mol. The van der Waals surface area contributed by atoms with Crippen molar-refractivity contribution < 1.29 is 9.47 Å². The van der Waals surface area contributed by atoms with Gasteiger partial charge in [0.2, 0.25) is 0 Å². The van der Waals surface area contributed by atoms with Gasteiger partial charge in [0.25, 0.3) is 0 Å². The first kappa shape index (κ1) is 6.92. The zero-order valence-electron chi connectivity index (χ0n) is 4.81. The van der Waals surface area contributed by atoms with E-state index in [-0.39, 0.29) is 6.29 Å². The van der Waals surface area contributed by atoms with Crippen LogP contribution in [0.1, 0.15) is 13.8 Å². The van der Waals surface area contributed by atoms with Crippen molar-refractivity contribution in [1.82, 2.24) is 0 Å². The van der Waals surface area contributed by atoms with E-state index in [9.17, 15) is 0 Å². The molecule has 1 atom stereocenters. The lowest BCUT2D eigenvalue weighted by molar-refractivity contribution is -0.0910. The van der Waals surface area contributed by atoms with Crippen LogP contribution in [0.5, 0.6) is 0 Å². The van der Waals surface area contributed by atoms with Crippen LogP contribution in [0.25, 0.3) is 0 Å².